The number of hydrogen-bond donors (Lipinski definition) is 6. The lowest BCUT2D eigenvalue weighted by atomic mass is 9.81. The van der Waals surface area contributed by atoms with Crippen LogP contribution in [0.2, 0.25) is 0 Å². The molecule has 0 rings (SSSR count). The van der Waals surface area contributed by atoms with Gasteiger partial charge < -0.3 is 30.6 Å². The van der Waals surface area contributed by atoms with Crippen LogP contribution in [0.3, 0.4) is 0 Å². The Kier molecular flexibility index (Phi) is 49.9. The van der Waals surface area contributed by atoms with Gasteiger partial charge in [-0.05, 0) is 48.9 Å². The van der Waals surface area contributed by atoms with E-state index in [2.05, 4.69) is 83.1 Å². The maximum atomic E-state index is 9.30. The van der Waals surface area contributed by atoms with E-state index in [1.165, 1.54) is 19.3 Å². The van der Waals surface area contributed by atoms with Crippen molar-refractivity contribution in [1.82, 2.24) is 0 Å². The van der Waals surface area contributed by atoms with Gasteiger partial charge in [0.1, 0.15) is 5.60 Å². The second-order valence-corrected chi connectivity index (χ2v) is 12.4. The van der Waals surface area contributed by atoms with Crippen molar-refractivity contribution >= 4 is 0 Å². The second kappa shape index (κ2) is 37.8. The highest BCUT2D eigenvalue weighted by Gasteiger charge is 2.25. The number of aliphatic hydroxyl groups excluding tert-OH is 5. The molecule has 0 aliphatic carbocycles. The predicted molar refractivity (Wildman–Crippen MR) is 173 cm³/mol. The standard InChI is InChI=1S/C9H20O.C8H18O2.C7H16O3.3C3H8/c1-5-9(4,7-10)6-8(2)3;1-7(2)3-4-8(5-9)6-10;1-6(2)3-7(10,4-8)5-9;3*1-3-2/h8,10H,5-7H2,1-4H3;7-10H,3-6H2,1-2H3;6,8-10H,3-5H2,1-2H3;3*3H2,1-2H3. The molecule has 0 aromatic heterocycles. The molecule has 0 radical (unpaired) electrons. The zero-order valence-corrected chi connectivity index (χ0v) is 29.2. The van der Waals surface area contributed by atoms with Crippen LogP contribution in [0.15, 0.2) is 0 Å². The van der Waals surface area contributed by atoms with Crippen LogP contribution in [0.1, 0.15) is 148 Å². The maximum Gasteiger partial charge on any atom is 0.111 e. The highest BCUT2D eigenvalue weighted by atomic mass is 16.4. The van der Waals surface area contributed by atoms with Crippen molar-refractivity contribution in [1.29, 1.82) is 0 Å². The smallest absolute Gasteiger partial charge is 0.111 e. The van der Waals surface area contributed by atoms with E-state index in [0.29, 0.717) is 24.9 Å². The molecule has 0 saturated carbocycles. The molecule has 6 N–H and O–H groups in total. The molecular formula is C33H78O6. The molecule has 1 atom stereocenters. The van der Waals surface area contributed by atoms with Crippen LogP contribution in [0.5, 0.6) is 0 Å². The minimum Gasteiger partial charge on any atom is -0.396 e. The van der Waals surface area contributed by atoms with E-state index in [4.69, 9.17) is 25.5 Å². The monoisotopic (exact) mass is 571 g/mol. The average molecular weight is 571 g/mol. The Balaban J connectivity index is -0.0000000906. The Hall–Kier alpha value is -0.240. The molecule has 246 valence electrons. The lowest BCUT2D eigenvalue weighted by molar-refractivity contribution is -0.0675. The number of hydrogen-bond acceptors (Lipinski definition) is 6. The number of rotatable bonds is 13. The fraction of sp³-hybridized carbons (Fsp3) is 1.00. The van der Waals surface area contributed by atoms with Gasteiger partial charge in [-0.2, -0.15) is 0 Å². The summed E-state index contributed by atoms with van der Waals surface area (Å²) in [6.45, 7) is 29.4. The van der Waals surface area contributed by atoms with Gasteiger partial charge in [0.2, 0.25) is 0 Å². The summed E-state index contributed by atoms with van der Waals surface area (Å²) in [5, 5.41) is 52.9. The molecule has 0 aliphatic rings. The van der Waals surface area contributed by atoms with E-state index >= 15 is 0 Å². The Labute approximate surface area is 246 Å². The average Bonchev–Trinajstić information content (AvgIpc) is 2.86. The summed E-state index contributed by atoms with van der Waals surface area (Å²) in [6, 6.07) is 0. The Morgan fingerprint density at radius 2 is 0.846 bits per heavy atom. The van der Waals surface area contributed by atoms with Crippen molar-refractivity contribution < 1.29 is 30.6 Å². The quantitative estimate of drug-likeness (QED) is 0.137. The Morgan fingerprint density at radius 3 is 0.974 bits per heavy atom. The van der Waals surface area contributed by atoms with Gasteiger partial charge in [-0.15, -0.1) is 0 Å². The van der Waals surface area contributed by atoms with Gasteiger partial charge in [0.05, 0.1) is 13.2 Å². The third-order valence-electron chi connectivity index (χ3n) is 5.18. The SMILES string of the molecule is CC(C)CC(O)(CO)CO.CC(C)CCC(CO)CO.CCC.CCC.CCC.CCC(C)(CO)CC(C)C. The third-order valence-corrected chi connectivity index (χ3v) is 5.18. The van der Waals surface area contributed by atoms with Gasteiger partial charge in [-0.25, -0.2) is 0 Å². The minimum atomic E-state index is -1.28. The first-order chi connectivity index (χ1) is 18.0. The van der Waals surface area contributed by atoms with E-state index < -0.39 is 5.60 Å². The molecule has 0 fully saturated rings. The Morgan fingerprint density at radius 1 is 0.513 bits per heavy atom. The maximum absolute atomic E-state index is 9.30. The molecule has 0 spiro atoms. The second-order valence-electron chi connectivity index (χ2n) is 12.4. The fourth-order valence-corrected chi connectivity index (χ4v) is 3.05. The Bertz CT molecular complexity index is 359. The van der Waals surface area contributed by atoms with Gasteiger partial charge in [0.25, 0.3) is 0 Å². The molecule has 6 heteroatoms. The van der Waals surface area contributed by atoms with Crippen molar-refractivity contribution in [3.63, 3.8) is 0 Å². The van der Waals surface area contributed by atoms with E-state index in [1.807, 2.05) is 13.8 Å². The zero-order chi connectivity index (χ0) is 32.5. The molecule has 0 aliphatic heterocycles. The van der Waals surface area contributed by atoms with Gasteiger partial charge in [-0.1, -0.05) is 123 Å². The topological polar surface area (TPSA) is 121 Å². The molecule has 1 unspecified atom stereocenters. The van der Waals surface area contributed by atoms with Crippen LogP contribution < -0.4 is 0 Å². The molecular weight excluding hydrogens is 492 g/mol. The molecule has 0 aromatic rings. The van der Waals surface area contributed by atoms with Gasteiger partial charge in [-0.3, -0.25) is 0 Å². The normalized spacial score (nSPS) is 12.0. The summed E-state index contributed by atoms with van der Waals surface area (Å²) >= 11 is 0. The summed E-state index contributed by atoms with van der Waals surface area (Å²) in [7, 11) is 0. The molecule has 0 heterocycles. The molecule has 0 saturated heterocycles. The van der Waals surface area contributed by atoms with Crippen molar-refractivity contribution in [2.45, 2.75) is 154 Å². The first kappa shape index (κ1) is 51.5. The van der Waals surface area contributed by atoms with Crippen LogP contribution in [0.25, 0.3) is 0 Å². The van der Waals surface area contributed by atoms with Gasteiger partial charge in [0.15, 0.2) is 0 Å². The van der Waals surface area contributed by atoms with E-state index in [0.717, 1.165) is 25.7 Å². The van der Waals surface area contributed by atoms with Crippen LogP contribution in [-0.2, 0) is 0 Å². The largest absolute Gasteiger partial charge is 0.396 e. The van der Waals surface area contributed by atoms with Gasteiger partial charge in [0, 0.05) is 25.7 Å². The molecule has 0 amide bonds. The van der Waals surface area contributed by atoms with Crippen LogP contribution >= 0.6 is 0 Å². The van der Waals surface area contributed by atoms with Crippen molar-refractivity contribution in [2.75, 3.05) is 33.0 Å². The summed E-state index contributed by atoms with van der Waals surface area (Å²) in [5.41, 5.74) is -1.12. The summed E-state index contributed by atoms with van der Waals surface area (Å²) in [5.74, 6) is 1.74. The zero-order valence-electron chi connectivity index (χ0n) is 29.2. The summed E-state index contributed by atoms with van der Waals surface area (Å²) < 4.78 is 0. The van der Waals surface area contributed by atoms with Crippen molar-refractivity contribution in [2.24, 2.45) is 29.1 Å². The predicted octanol–water partition coefficient (Wildman–Crippen LogP) is 7.46. The van der Waals surface area contributed by atoms with Crippen molar-refractivity contribution in [3.8, 4) is 0 Å². The van der Waals surface area contributed by atoms with Gasteiger partial charge >= 0.3 is 0 Å². The lowest BCUT2D eigenvalue weighted by Gasteiger charge is -2.27. The van der Waals surface area contributed by atoms with E-state index in [9.17, 15) is 5.11 Å². The molecule has 0 aromatic carbocycles. The van der Waals surface area contributed by atoms with Crippen LogP contribution in [-0.4, -0.2) is 69.3 Å². The summed E-state index contributed by atoms with van der Waals surface area (Å²) in [6.07, 6.45) is 8.40. The third kappa shape index (κ3) is 51.0. The minimum absolute atomic E-state index is 0.0994. The highest BCUT2D eigenvalue weighted by molar-refractivity contribution is 4.77. The fourth-order valence-electron chi connectivity index (χ4n) is 3.05. The van der Waals surface area contributed by atoms with E-state index in [-0.39, 0.29) is 43.7 Å². The van der Waals surface area contributed by atoms with Crippen molar-refractivity contribution in [3.05, 3.63) is 0 Å². The van der Waals surface area contributed by atoms with Crippen LogP contribution in [0, 0.1) is 29.1 Å². The first-order valence-electron chi connectivity index (χ1n) is 15.8. The van der Waals surface area contributed by atoms with Crippen LogP contribution in [0.4, 0.5) is 0 Å². The molecule has 0 bridgehead atoms. The lowest BCUT2D eigenvalue weighted by Crippen LogP contribution is -2.38. The number of aliphatic hydroxyl groups is 6. The molecule has 39 heavy (non-hydrogen) atoms. The highest BCUT2D eigenvalue weighted by Crippen LogP contribution is 2.28. The van der Waals surface area contributed by atoms with E-state index in [1.54, 1.807) is 0 Å². The molecule has 6 nitrogen and oxygen atoms in total. The first-order valence-corrected chi connectivity index (χ1v) is 15.8. The summed E-state index contributed by atoms with van der Waals surface area (Å²) in [4.78, 5) is 0.